The van der Waals surface area contributed by atoms with Crippen LogP contribution in [0.25, 0.3) is 110 Å². The normalized spacial score (nSPS) is 12.9. The first kappa shape index (κ1) is 37.2. The molecule has 1 aliphatic carbocycles. The molecule has 0 nitrogen and oxygen atoms in total. The summed E-state index contributed by atoms with van der Waals surface area (Å²) in [5.74, 6) is 0. The lowest BCUT2D eigenvalue weighted by Crippen LogP contribution is -2.15. The van der Waals surface area contributed by atoms with E-state index in [1.54, 1.807) is 0 Å². The lowest BCUT2D eigenvalue weighted by molar-refractivity contribution is 0.661. The summed E-state index contributed by atoms with van der Waals surface area (Å²) in [7, 11) is 0. The van der Waals surface area contributed by atoms with Gasteiger partial charge >= 0.3 is 0 Å². The molecule has 11 aromatic rings. The maximum Gasteiger partial charge on any atom is 0.0159 e. The number of hydrogen-bond acceptors (Lipinski definition) is 0. The molecule has 0 N–H and O–H groups in total. The van der Waals surface area contributed by atoms with Gasteiger partial charge in [-0.15, -0.1) is 0 Å². The van der Waals surface area contributed by atoms with Crippen molar-refractivity contribution in [1.82, 2.24) is 0 Å². The van der Waals surface area contributed by atoms with Crippen LogP contribution in [0.2, 0.25) is 0 Å². The summed E-state index contributed by atoms with van der Waals surface area (Å²) in [4.78, 5) is 0. The molecule has 0 unspecified atom stereocenters. The predicted molar refractivity (Wildman–Crippen MR) is 271 cm³/mol. The van der Waals surface area contributed by atoms with Crippen molar-refractivity contribution in [2.45, 2.75) is 33.1 Å². The highest BCUT2D eigenvalue weighted by Crippen LogP contribution is 2.52. The molecule has 0 saturated heterocycles. The summed E-state index contributed by atoms with van der Waals surface area (Å²) in [5.41, 5.74) is 20.5. The van der Waals surface area contributed by atoms with Crippen LogP contribution in [0.4, 0.5) is 0 Å². The van der Waals surface area contributed by atoms with E-state index in [1.807, 2.05) is 0 Å². The van der Waals surface area contributed by atoms with E-state index in [4.69, 9.17) is 0 Å². The quantitative estimate of drug-likeness (QED) is 0.152. The molecule has 0 heteroatoms. The van der Waals surface area contributed by atoms with Crippen LogP contribution in [0.3, 0.4) is 0 Å². The third-order valence-corrected chi connectivity index (χ3v) is 14.0. The van der Waals surface area contributed by atoms with Gasteiger partial charge in [-0.3, -0.25) is 0 Å². The smallest absolute Gasteiger partial charge is 0.0159 e. The van der Waals surface area contributed by atoms with E-state index in [0.29, 0.717) is 0 Å². The lowest BCUT2D eigenvalue weighted by Gasteiger charge is -2.23. The molecular weight excluding hydrogens is 757 g/mol. The monoisotopic (exact) mass is 802 g/mol. The molecule has 0 aromatic heterocycles. The Morgan fingerprint density at radius 2 is 0.508 bits per heavy atom. The Morgan fingerprint density at radius 1 is 0.254 bits per heavy atom. The van der Waals surface area contributed by atoms with Gasteiger partial charge in [-0.25, -0.2) is 0 Å². The second-order valence-electron chi connectivity index (χ2n) is 18.1. The minimum absolute atomic E-state index is 0.179. The summed E-state index contributed by atoms with van der Waals surface area (Å²) in [5, 5.41) is 10.3. The van der Waals surface area contributed by atoms with Crippen LogP contribution in [0.5, 0.6) is 0 Å². The van der Waals surface area contributed by atoms with Crippen LogP contribution in [-0.2, 0) is 5.41 Å². The first-order valence-corrected chi connectivity index (χ1v) is 22.2. The third-order valence-electron chi connectivity index (χ3n) is 14.0. The van der Waals surface area contributed by atoms with Gasteiger partial charge in [0.05, 0.1) is 0 Å². The van der Waals surface area contributed by atoms with Crippen molar-refractivity contribution in [3.8, 4) is 66.8 Å². The number of hydrogen-bond donors (Lipinski definition) is 0. The van der Waals surface area contributed by atoms with Gasteiger partial charge in [-0.05, 0) is 147 Å². The van der Waals surface area contributed by atoms with Crippen molar-refractivity contribution in [3.05, 3.63) is 229 Å². The number of aryl methyl sites for hydroxylation is 2. The fourth-order valence-corrected chi connectivity index (χ4v) is 10.8. The van der Waals surface area contributed by atoms with Gasteiger partial charge in [0, 0.05) is 5.41 Å². The standard InChI is InChI=1S/C63H46/c1-39-21-25-42(26-22-39)59-49-13-5-7-15-51(49)61(52-16-8-6-14-50(52)59)44-31-29-41(30-32-44)45-33-35-47-48-36-34-46(38-58(48)63(3,4)57(47)37-45)62-55-19-11-9-17-53(55)60(43-27-23-40(2)24-28-43)54-18-10-12-20-56(54)62/h5-38H,1-4H3. The molecule has 1 aliphatic rings. The number of benzene rings is 11. The highest BCUT2D eigenvalue weighted by atomic mass is 14.4. The fraction of sp³-hybridized carbons (Fsp3) is 0.0794. The van der Waals surface area contributed by atoms with E-state index in [1.165, 1.54) is 132 Å². The van der Waals surface area contributed by atoms with Gasteiger partial charge in [-0.1, -0.05) is 219 Å². The second-order valence-corrected chi connectivity index (χ2v) is 18.1. The zero-order valence-electron chi connectivity index (χ0n) is 36.1. The van der Waals surface area contributed by atoms with E-state index < -0.39 is 0 Å². The molecule has 0 aliphatic heterocycles. The van der Waals surface area contributed by atoms with Gasteiger partial charge in [0.15, 0.2) is 0 Å². The Hall–Kier alpha value is -7.54. The van der Waals surface area contributed by atoms with Crippen LogP contribution < -0.4 is 0 Å². The number of rotatable bonds is 5. The minimum Gasteiger partial charge on any atom is -0.0616 e. The van der Waals surface area contributed by atoms with E-state index in [2.05, 4.69) is 234 Å². The van der Waals surface area contributed by atoms with E-state index in [-0.39, 0.29) is 5.41 Å². The Kier molecular flexibility index (Phi) is 8.43. The van der Waals surface area contributed by atoms with Crippen molar-refractivity contribution in [2.24, 2.45) is 0 Å². The summed E-state index contributed by atoms with van der Waals surface area (Å²) < 4.78 is 0. The van der Waals surface area contributed by atoms with Gasteiger partial charge in [-0.2, -0.15) is 0 Å². The van der Waals surface area contributed by atoms with Crippen LogP contribution in [-0.4, -0.2) is 0 Å². The van der Waals surface area contributed by atoms with Crippen molar-refractivity contribution in [3.63, 3.8) is 0 Å². The molecule has 298 valence electrons. The van der Waals surface area contributed by atoms with Crippen molar-refractivity contribution < 1.29 is 0 Å². The topological polar surface area (TPSA) is 0 Å². The summed E-state index contributed by atoms with van der Waals surface area (Å²) >= 11 is 0. The molecule has 0 saturated carbocycles. The molecule has 0 spiro atoms. The predicted octanol–water partition coefficient (Wildman–Crippen LogP) is 17.6. The molecule has 0 fully saturated rings. The second kappa shape index (κ2) is 14.3. The first-order chi connectivity index (χ1) is 30.8. The molecule has 0 heterocycles. The maximum atomic E-state index is 2.49. The molecule has 0 atom stereocenters. The molecule has 12 rings (SSSR count). The number of fused-ring (bicyclic) bond motifs is 7. The largest absolute Gasteiger partial charge is 0.0616 e. The summed E-state index contributed by atoms with van der Waals surface area (Å²) in [6.45, 7) is 9.12. The lowest BCUT2D eigenvalue weighted by atomic mass is 9.80. The van der Waals surface area contributed by atoms with Gasteiger partial charge < -0.3 is 0 Å². The van der Waals surface area contributed by atoms with Crippen molar-refractivity contribution >= 4 is 43.1 Å². The van der Waals surface area contributed by atoms with Crippen LogP contribution in [0, 0.1) is 13.8 Å². The molecular formula is C63H46. The Balaban J connectivity index is 0.938. The average molecular weight is 803 g/mol. The minimum atomic E-state index is -0.179. The highest BCUT2D eigenvalue weighted by molar-refractivity contribution is 6.23. The third kappa shape index (κ3) is 5.82. The molecule has 63 heavy (non-hydrogen) atoms. The molecule has 11 aromatic carbocycles. The SMILES string of the molecule is Cc1ccc(-c2c3ccccc3c(-c3ccc(-c4ccc5c(c4)C(C)(C)c4cc(-c6c7ccccc7c(-c7ccc(C)cc7)c7ccccc67)ccc4-5)cc3)c3ccccc23)cc1. The van der Waals surface area contributed by atoms with Gasteiger partial charge in [0.2, 0.25) is 0 Å². The Bertz CT molecular complexity index is 3510. The maximum absolute atomic E-state index is 2.49. The van der Waals surface area contributed by atoms with E-state index >= 15 is 0 Å². The van der Waals surface area contributed by atoms with Crippen molar-refractivity contribution in [1.29, 1.82) is 0 Å². The van der Waals surface area contributed by atoms with Gasteiger partial charge in [0.25, 0.3) is 0 Å². The van der Waals surface area contributed by atoms with Crippen LogP contribution >= 0.6 is 0 Å². The Labute approximate surface area is 369 Å². The van der Waals surface area contributed by atoms with E-state index in [0.717, 1.165) is 0 Å². The fourth-order valence-electron chi connectivity index (χ4n) is 10.8. The van der Waals surface area contributed by atoms with Gasteiger partial charge in [0.1, 0.15) is 0 Å². The summed E-state index contributed by atoms with van der Waals surface area (Å²) in [6, 6.07) is 77.4. The average Bonchev–Trinajstić information content (AvgIpc) is 3.55. The molecule has 0 bridgehead atoms. The van der Waals surface area contributed by atoms with Crippen LogP contribution in [0.1, 0.15) is 36.1 Å². The van der Waals surface area contributed by atoms with E-state index in [9.17, 15) is 0 Å². The zero-order valence-corrected chi connectivity index (χ0v) is 36.1. The molecule has 0 amide bonds. The summed E-state index contributed by atoms with van der Waals surface area (Å²) in [6.07, 6.45) is 0. The van der Waals surface area contributed by atoms with Crippen molar-refractivity contribution in [2.75, 3.05) is 0 Å². The first-order valence-electron chi connectivity index (χ1n) is 22.2. The Morgan fingerprint density at radius 3 is 0.857 bits per heavy atom. The highest BCUT2D eigenvalue weighted by Gasteiger charge is 2.36. The molecule has 0 radical (unpaired) electrons. The zero-order chi connectivity index (χ0) is 42.4. The van der Waals surface area contributed by atoms with Crippen LogP contribution in [0.15, 0.2) is 206 Å².